The van der Waals surface area contributed by atoms with Gasteiger partial charge in [0.25, 0.3) is 0 Å². The zero-order valence-corrected chi connectivity index (χ0v) is 10.3. The zero-order valence-electron chi connectivity index (χ0n) is 9.45. The molecule has 1 N–H and O–H groups in total. The third kappa shape index (κ3) is 6.55. The number of phosphoric ester groups is 1. The summed E-state index contributed by atoms with van der Waals surface area (Å²) in [4.78, 5) is 9.10. The molecule has 1 atom stereocenters. The minimum Gasteiger partial charge on any atom is -0.302 e. The third-order valence-corrected chi connectivity index (χ3v) is 3.38. The molecule has 0 spiro atoms. The largest absolute Gasteiger partial charge is 0.472 e. The van der Waals surface area contributed by atoms with Crippen LogP contribution in [0.1, 0.15) is 40.5 Å². The van der Waals surface area contributed by atoms with Gasteiger partial charge >= 0.3 is 7.82 Å². The molecule has 0 aliphatic rings. The van der Waals surface area contributed by atoms with Crippen LogP contribution in [0, 0.1) is 5.41 Å². The Kier molecular flexibility index (Phi) is 5.91. The quantitative estimate of drug-likeness (QED) is 0.675. The lowest BCUT2D eigenvalue weighted by atomic mass is 9.87. The highest BCUT2D eigenvalue weighted by Crippen LogP contribution is 2.43. The fourth-order valence-electron chi connectivity index (χ4n) is 0.814. The van der Waals surface area contributed by atoms with Crippen LogP contribution >= 0.6 is 7.82 Å². The molecule has 1 unspecified atom stereocenters. The van der Waals surface area contributed by atoms with Gasteiger partial charge in [0.15, 0.2) is 0 Å². The lowest BCUT2D eigenvalue weighted by Crippen LogP contribution is -2.12. The van der Waals surface area contributed by atoms with Crippen LogP contribution < -0.4 is 0 Å². The highest BCUT2D eigenvalue weighted by atomic mass is 31.2. The lowest BCUT2D eigenvalue weighted by Gasteiger charge is -2.22. The van der Waals surface area contributed by atoms with Gasteiger partial charge < -0.3 is 4.89 Å². The Morgan fingerprint density at radius 2 is 1.86 bits per heavy atom. The lowest BCUT2D eigenvalue weighted by molar-refractivity contribution is 0.135. The summed E-state index contributed by atoms with van der Waals surface area (Å²) in [6, 6.07) is 0. The molecule has 0 fully saturated rings. The summed E-state index contributed by atoms with van der Waals surface area (Å²) in [7, 11) is -3.79. The fraction of sp³-hybridized carbons (Fsp3) is 1.00. The van der Waals surface area contributed by atoms with Crippen molar-refractivity contribution in [3.8, 4) is 0 Å². The van der Waals surface area contributed by atoms with Gasteiger partial charge in [-0.05, 0) is 18.8 Å². The van der Waals surface area contributed by atoms with Crippen molar-refractivity contribution in [2.45, 2.75) is 40.5 Å². The predicted molar refractivity (Wildman–Crippen MR) is 56.1 cm³/mol. The summed E-state index contributed by atoms with van der Waals surface area (Å²) >= 11 is 0. The van der Waals surface area contributed by atoms with E-state index in [1.54, 1.807) is 6.92 Å². The predicted octanol–water partition coefficient (Wildman–Crippen LogP) is 2.97. The van der Waals surface area contributed by atoms with Crippen LogP contribution in [-0.4, -0.2) is 18.1 Å². The monoisotopic (exact) mass is 224 g/mol. The van der Waals surface area contributed by atoms with Gasteiger partial charge in [0, 0.05) is 0 Å². The van der Waals surface area contributed by atoms with Gasteiger partial charge in [0.2, 0.25) is 0 Å². The molecule has 0 aromatic carbocycles. The van der Waals surface area contributed by atoms with E-state index >= 15 is 0 Å². The first kappa shape index (κ1) is 14.1. The maximum atomic E-state index is 11.1. The zero-order chi connectivity index (χ0) is 11.2. The summed E-state index contributed by atoms with van der Waals surface area (Å²) in [5.74, 6) is 0. The number of hydrogen-bond acceptors (Lipinski definition) is 3. The Hall–Kier alpha value is 0.110. The molecule has 0 bridgehead atoms. The summed E-state index contributed by atoms with van der Waals surface area (Å²) in [5, 5.41) is 0. The minimum atomic E-state index is -3.79. The van der Waals surface area contributed by atoms with Gasteiger partial charge in [-0.3, -0.25) is 9.05 Å². The van der Waals surface area contributed by atoms with Gasteiger partial charge in [0.1, 0.15) is 0 Å². The summed E-state index contributed by atoms with van der Waals surface area (Å²) < 4.78 is 20.5. The van der Waals surface area contributed by atoms with Crippen molar-refractivity contribution in [1.29, 1.82) is 0 Å². The standard InChI is InChI=1S/C9H21O4P/c1-5-9(3,4)7-8-13-14(10,11)12-6-2/h5-8H2,1-4H3,(H,10,11). The molecular weight excluding hydrogens is 203 g/mol. The smallest absolute Gasteiger partial charge is 0.302 e. The second-order valence-corrected chi connectivity index (χ2v) is 5.44. The van der Waals surface area contributed by atoms with Crippen LogP contribution in [0.3, 0.4) is 0 Å². The molecule has 14 heavy (non-hydrogen) atoms. The molecule has 86 valence electrons. The van der Waals surface area contributed by atoms with Gasteiger partial charge in [-0.1, -0.05) is 27.2 Å². The molecule has 0 aliphatic heterocycles. The normalized spacial score (nSPS) is 16.6. The van der Waals surface area contributed by atoms with Crippen molar-refractivity contribution < 1.29 is 18.5 Å². The van der Waals surface area contributed by atoms with Gasteiger partial charge in [-0.25, -0.2) is 4.57 Å². The Morgan fingerprint density at radius 3 is 2.29 bits per heavy atom. The summed E-state index contributed by atoms with van der Waals surface area (Å²) in [5.41, 5.74) is 0.145. The molecule has 0 amide bonds. The molecule has 0 aromatic rings. The summed E-state index contributed by atoms with van der Waals surface area (Å²) in [6.45, 7) is 8.38. The number of hydrogen-bond donors (Lipinski definition) is 1. The van der Waals surface area contributed by atoms with Crippen molar-refractivity contribution >= 4 is 7.82 Å². The van der Waals surface area contributed by atoms with E-state index in [1.165, 1.54) is 0 Å². The first-order valence-corrected chi connectivity index (χ1v) is 6.44. The van der Waals surface area contributed by atoms with E-state index in [9.17, 15) is 4.57 Å². The Labute approximate surface area is 86.2 Å². The van der Waals surface area contributed by atoms with E-state index in [-0.39, 0.29) is 18.6 Å². The van der Waals surface area contributed by atoms with Gasteiger partial charge in [0.05, 0.1) is 13.2 Å². The van der Waals surface area contributed by atoms with Crippen LogP contribution in [0.5, 0.6) is 0 Å². The van der Waals surface area contributed by atoms with E-state index < -0.39 is 7.82 Å². The SMILES string of the molecule is CCOP(=O)(O)OCCC(C)(C)CC. The molecule has 0 saturated carbocycles. The van der Waals surface area contributed by atoms with Gasteiger partial charge in [-0.2, -0.15) is 0 Å². The Balaban J connectivity index is 3.79. The molecule has 0 heterocycles. The molecular formula is C9H21O4P. The van der Waals surface area contributed by atoms with Crippen molar-refractivity contribution in [3.05, 3.63) is 0 Å². The molecule has 0 rings (SSSR count). The minimum absolute atomic E-state index is 0.145. The maximum absolute atomic E-state index is 11.1. The molecule has 5 heteroatoms. The van der Waals surface area contributed by atoms with Crippen molar-refractivity contribution in [2.24, 2.45) is 5.41 Å². The second kappa shape index (κ2) is 5.86. The highest BCUT2D eigenvalue weighted by Gasteiger charge is 2.22. The highest BCUT2D eigenvalue weighted by molar-refractivity contribution is 7.47. The average molecular weight is 224 g/mol. The van der Waals surface area contributed by atoms with E-state index in [4.69, 9.17) is 9.42 Å². The Bertz CT molecular complexity index is 203. The van der Waals surface area contributed by atoms with Crippen LogP contribution in [0.4, 0.5) is 0 Å². The van der Waals surface area contributed by atoms with E-state index in [0.717, 1.165) is 12.8 Å². The van der Waals surface area contributed by atoms with Crippen LogP contribution in [0.15, 0.2) is 0 Å². The fourth-order valence-corrected chi connectivity index (χ4v) is 1.54. The van der Waals surface area contributed by atoms with E-state index in [2.05, 4.69) is 25.3 Å². The molecule has 0 saturated heterocycles. The average Bonchev–Trinajstić information content (AvgIpc) is 2.03. The first-order valence-electron chi connectivity index (χ1n) is 4.95. The summed E-state index contributed by atoms with van der Waals surface area (Å²) in [6.07, 6.45) is 1.77. The van der Waals surface area contributed by atoms with Crippen molar-refractivity contribution in [3.63, 3.8) is 0 Å². The van der Waals surface area contributed by atoms with Crippen molar-refractivity contribution in [1.82, 2.24) is 0 Å². The maximum Gasteiger partial charge on any atom is 0.472 e. The molecule has 0 radical (unpaired) electrons. The Morgan fingerprint density at radius 1 is 1.29 bits per heavy atom. The number of rotatable bonds is 7. The topological polar surface area (TPSA) is 55.8 Å². The number of phosphoric acid groups is 1. The first-order chi connectivity index (χ1) is 6.33. The third-order valence-electron chi connectivity index (χ3n) is 2.28. The molecule has 4 nitrogen and oxygen atoms in total. The second-order valence-electron chi connectivity index (χ2n) is 3.99. The van der Waals surface area contributed by atoms with Crippen LogP contribution in [0.25, 0.3) is 0 Å². The van der Waals surface area contributed by atoms with Crippen LogP contribution in [-0.2, 0) is 13.6 Å². The van der Waals surface area contributed by atoms with E-state index in [1.807, 2.05) is 0 Å². The van der Waals surface area contributed by atoms with E-state index in [0.29, 0.717) is 0 Å². The molecule has 0 aliphatic carbocycles. The molecule has 0 aromatic heterocycles. The van der Waals surface area contributed by atoms with Crippen molar-refractivity contribution in [2.75, 3.05) is 13.2 Å². The van der Waals surface area contributed by atoms with Crippen LogP contribution in [0.2, 0.25) is 0 Å². The van der Waals surface area contributed by atoms with Gasteiger partial charge in [-0.15, -0.1) is 0 Å².